The first-order chi connectivity index (χ1) is 10.4. The number of likely N-dealkylation sites (tertiary alicyclic amines) is 1. The summed E-state index contributed by atoms with van der Waals surface area (Å²) in [7, 11) is -2.83. The molecule has 0 bridgehead atoms. The van der Waals surface area contributed by atoms with Gasteiger partial charge < -0.3 is 4.90 Å². The lowest BCUT2D eigenvalue weighted by molar-refractivity contribution is 0.218. The van der Waals surface area contributed by atoms with Gasteiger partial charge in [-0.25, -0.2) is 17.2 Å². The summed E-state index contributed by atoms with van der Waals surface area (Å²) in [6, 6.07) is 4.04. The Labute approximate surface area is 130 Å². The number of nitrogens with zero attached hydrogens (tertiary/aromatic N) is 1. The third kappa shape index (κ3) is 3.84. The topological polar surface area (TPSA) is 37.4 Å². The summed E-state index contributed by atoms with van der Waals surface area (Å²) in [6.45, 7) is 1.84. The van der Waals surface area contributed by atoms with Gasteiger partial charge in [0.25, 0.3) is 0 Å². The van der Waals surface area contributed by atoms with Gasteiger partial charge in [0.2, 0.25) is 0 Å². The van der Waals surface area contributed by atoms with Crippen molar-refractivity contribution < 1.29 is 17.2 Å². The first-order valence-electron chi connectivity index (χ1n) is 7.81. The SMILES string of the molecule is O=S1(=O)CCC(N2CCC(Cc3cc(F)cc(F)c3)C2)CC1. The fourth-order valence-corrected chi connectivity index (χ4v) is 5.13. The minimum absolute atomic E-state index is 0.286. The van der Waals surface area contributed by atoms with E-state index in [1.165, 1.54) is 12.1 Å². The maximum Gasteiger partial charge on any atom is 0.150 e. The summed E-state index contributed by atoms with van der Waals surface area (Å²) in [6.07, 6.45) is 3.10. The number of halogens is 2. The minimum Gasteiger partial charge on any atom is -0.300 e. The molecule has 3 nitrogen and oxygen atoms in total. The van der Waals surface area contributed by atoms with Gasteiger partial charge in [0, 0.05) is 18.7 Å². The lowest BCUT2D eigenvalue weighted by Crippen LogP contribution is -2.40. The van der Waals surface area contributed by atoms with E-state index in [0.29, 0.717) is 36.8 Å². The molecule has 2 aliphatic heterocycles. The molecule has 1 atom stereocenters. The van der Waals surface area contributed by atoms with E-state index in [2.05, 4.69) is 4.90 Å². The van der Waals surface area contributed by atoms with Gasteiger partial charge in [-0.3, -0.25) is 0 Å². The van der Waals surface area contributed by atoms with Crippen LogP contribution in [0.5, 0.6) is 0 Å². The van der Waals surface area contributed by atoms with E-state index >= 15 is 0 Å². The van der Waals surface area contributed by atoms with Crippen LogP contribution in [0.1, 0.15) is 24.8 Å². The zero-order valence-corrected chi connectivity index (χ0v) is 13.3. The molecular formula is C16H21F2NO2S. The molecule has 0 radical (unpaired) electrons. The van der Waals surface area contributed by atoms with Crippen LogP contribution in [0, 0.1) is 17.6 Å². The van der Waals surface area contributed by atoms with Gasteiger partial charge in [-0.15, -0.1) is 0 Å². The number of sulfone groups is 1. The summed E-state index contributed by atoms with van der Waals surface area (Å²) in [5, 5.41) is 0. The van der Waals surface area contributed by atoms with Crippen LogP contribution >= 0.6 is 0 Å². The van der Waals surface area contributed by atoms with Crippen molar-refractivity contribution in [3.05, 3.63) is 35.4 Å². The predicted molar refractivity (Wildman–Crippen MR) is 81.4 cm³/mol. The molecule has 3 rings (SSSR count). The zero-order chi connectivity index (χ0) is 15.7. The Hall–Kier alpha value is -1.01. The Morgan fingerprint density at radius 2 is 1.68 bits per heavy atom. The largest absolute Gasteiger partial charge is 0.300 e. The number of hydrogen-bond acceptors (Lipinski definition) is 3. The molecule has 2 fully saturated rings. The molecule has 0 saturated carbocycles. The van der Waals surface area contributed by atoms with Crippen LogP contribution < -0.4 is 0 Å². The van der Waals surface area contributed by atoms with E-state index in [9.17, 15) is 17.2 Å². The fraction of sp³-hybridized carbons (Fsp3) is 0.625. The number of hydrogen-bond donors (Lipinski definition) is 0. The quantitative estimate of drug-likeness (QED) is 0.855. The first kappa shape index (κ1) is 15.9. The molecule has 2 heterocycles. The molecule has 2 aliphatic rings. The van der Waals surface area contributed by atoms with E-state index in [-0.39, 0.29) is 11.5 Å². The molecule has 6 heteroatoms. The Morgan fingerprint density at radius 1 is 1.05 bits per heavy atom. The van der Waals surface area contributed by atoms with Crippen LogP contribution in [0.3, 0.4) is 0 Å². The van der Waals surface area contributed by atoms with Gasteiger partial charge >= 0.3 is 0 Å². The van der Waals surface area contributed by atoms with E-state index in [1.807, 2.05) is 0 Å². The molecule has 0 N–H and O–H groups in total. The molecule has 0 aliphatic carbocycles. The lowest BCUT2D eigenvalue weighted by atomic mass is 9.98. The van der Waals surface area contributed by atoms with Crippen LogP contribution in [-0.2, 0) is 16.3 Å². The van der Waals surface area contributed by atoms with Gasteiger partial charge in [0.1, 0.15) is 21.5 Å². The van der Waals surface area contributed by atoms with Crippen molar-refractivity contribution in [2.45, 2.75) is 31.7 Å². The van der Waals surface area contributed by atoms with Crippen LogP contribution in [0.4, 0.5) is 8.78 Å². The summed E-state index contributed by atoms with van der Waals surface area (Å²) >= 11 is 0. The third-order valence-electron chi connectivity index (χ3n) is 4.80. The summed E-state index contributed by atoms with van der Waals surface area (Å²) in [4.78, 5) is 2.36. The standard InChI is InChI=1S/C16H21F2NO2S/c17-14-8-13(9-15(18)10-14)7-12-1-4-19(11-12)16-2-5-22(20,21)6-3-16/h8-10,12,16H,1-7,11H2. The predicted octanol–water partition coefficient (Wildman–Crippen LogP) is 2.41. The van der Waals surface area contributed by atoms with E-state index in [1.54, 1.807) is 0 Å². The van der Waals surface area contributed by atoms with E-state index in [4.69, 9.17) is 0 Å². The molecule has 1 aromatic rings. The third-order valence-corrected chi connectivity index (χ3v) is 6.52. The summed E-state index contributed by atoms with van der Waals surface area (Å²) < 4.78 is 49.5. The average Bonchev–Trinajstić information content (AvgIpc) is 2.86. The highest BCUT2D eigenvalue weighted by atomic mass is 32.2. The Bertz CT molecular complexity index is 613. The van der Waals surface area contributed by atoms with Crippen molar-refractivity contribution in [2.24, 2.45) is 5.92 Å². The Kier molecular flexibility index (Phi) is 4.50. The van der Waals surface area contributed by atoms with Gasteiger partial charge in [-0.1, -0.05) is 0 Å². The smallest absolute Gasteiger partial charge is 0.150 e. The Balaban J connectivity index is 1.56. The van der Waals surface area contributed by atoms with Gasteiger partial charge in [0.05, 0.1) is 11.5 Å². The maximum atomic E-state index is 13.2. The van der Waals surface area contributed by atoms with Crippen LogP contribution in [0.25, 0.3) is 0 Å². The van der Waals surface area contributed by atoms with Crippen molar-refractivity contribution in [3.63, 3.8) is 0 Å². The molecule has 0 amide bonds. The summed E-state index contributed by atoms with van der Waals surface area (Å²) in [5.74, 6) is -0.0913. The first-order valence-corrected chi connectivity index (χ1v) is 9.63. The van der Waals surface area contributed by atoms with Gasteiger partial charge in [-0.05, 0) is 55.8 Å². The van der Waals surface area contributed by atoms with Crippen molar-refractivity contribution in [3.8, 4) is 0 Å². The molecule has 0 aromatic heterocycles. The summed E-state index contributed by atoms with van der Waals surface area (Å²) in [5.41, 5.74) is 0.704. The highest BCUT2D eigenvalue weighted by Crippen LogP contribution is 2.27. The number of rotatable bonds is 3. The van der Waals surface area contributed by atoms with E-state index < -0.39 is 21.5 Å². The molecular weight excluding hydrogens is 308 g/mol. The molecule has 1 unspecified atom stereocenters. The second-order valence-corrected chi connectivity index (χ2v) is 8.82. The monoisotopic (exact) mass is 329 g/mol. The van der Waals surface area contributed by atoms with Crippen LogP contribution in [0.15, 0.2) is 18.2 Å². The second-order valence-electron chi connectivity index (χ2n) is 6.51. The molecule has 1 aromatic carbocycles. The highest BCUT2D eigenvalue weighted by Gasteiger charge is 2.32. The second kappa shape index (κ2) is 6.24. The molecule has 122 valence electrons. The Morgan fingerprint density at radius 3 is 2.32 bits per heavy atom. The van der Waals surface area contributed by atoms with Gasteiger partial charge in [0.15, 0.2) is 0 Å². The average molecular weight is 329 g/mol. The van der Waals surface area contributed by atoms with Crippen molar-refractivity contribution in [1.29, 1.82) is 0 Å². The molecule has 22 heavy (non-hydrogen) atoms. The highest BCUT2D eigenvalue weighted by molar-refractivity contribution is 7.91. The fourth-order valence-electron chi connectivity index (χ4n) is 3.67. The lowest BCUT2D eigenvalue weighted by Gasteiger charge is -2.31. The van der Waals surface area contributed by atoms with Crippen molar-refractivity contribution >= 4 is 9.84 Å². The van der Waals surface area contributed by atoms with Crippen molar-refractivity contribution in [2.75, 3.05) is 24.6 Å². The van der Waals surface area contributed by atoms with Crippen LogP contribution in [-0.4, -0.2) is 44.0 Å². The van der Waals surface area contributed by atoms with Crippen molar-refractivity contribution in [1.82, 2.24) is 4.90 Å². The molecule has 2 saturated heterocycles. The minimum atomic E-state index is -2.83. The maximum absolute atomic E-state index is 13.2. The zero-order valence-electron chi connectivity index (χ0n) is 12.5. The normalized spacial score (nSPS) is 26.4. The molecule has 0 spiro atoms. The van der Waals surface area contributed by atoms with Gasteiger partial charge in [-0.2, -0.15) is 0 Å². The number of benzene rings is 1. The van der Waals surface area contributed by atoms with Crippen LogP contribution in [0.2, 0.25) is 0 Å². The van der Waals surface area contributed by atoms with E-state index in [0.717, 1.165) is 25.6 Å².